The quantitative estimate of drug-likeness (QED) is 0.626. The molecule has 14 heavy (non-hydrogen) atoms. The molecule has 0 aliphatic heterocycles. The number of aryl methyl sites for hydroxylation is 1. The Morgan fingerprint density at radius 3 is 2.14 bits per heavy atom. The van der Waals surface area contributed by atoms with Crippen LogP contribution in [0.25, 0.3) is 0 Å². The van der Waals surface area contributed by atoms with Crippen molar-refractivity contribution in [1.82, 2.24) is 0 Å². The van der Waals surface area contributed by atoms with Crippen LogP contribution in [0, 0.1) is 6.92 Å². The number of carbonyl (C=O) groups is 2. The maximum Gasteiger partial charge on any atom is 0.171 e. The Balaban J connectivity index is 2.46. The van der Waals surface area contributed by atoms with Crippen molar-refractivity contribution in [2.45, 2.75) is 12.8 Å². The number of hydrogen-bond acceptors (Lipinski definition) is 2. The van der Waals surface area contributed by atoms with Crippen molar-refractivity contribution >= 4 is 11.6 Å². The molecule has 0 N–H and O–H groups in total. The molecule has 0 saturated heterocycles. The van der Waals surface area contributed by atoms with Gasteiger partial charge in [-0.3, -0.25) is 9.59 Å². The fourth-order valence-corrected chi connectivity index (χ4v) is 1.71. The van der Waals surface area contributed by atoms with Gasteiger partial charge in [0.2, 0.25) is 0 Å². The number of carbonyl (C=O) groups excluding carboxylic acids is 2. The van der Waals surface area contributed by atoms with E-state index in [1.165, 1.54) is 12.2 Å². The smallest absolute Gasteiger partial charge is 0.171 e. The van der Waals surface area contributed by atoms with E-state index in [0.717, 1.165) is 11.1 Å². The average molecular weight is 186 g/mol. The molecule has 0 fully saturated rings. The molecule has 0 radical (unpaired) electrons. The molecule has 2 heteroatoms. The van der Waals surface area contributed by atoms with Crippen LogP contribution >= 0.6 is 0 Å². The molecule has 2 rings (SSSR count). The minimum absolute atomic E-state index is 0.107. The van der Waals surface area contributed by atoms with Crippen LogP contribution in [0.1, 0.15) is 17.0 Å². The Bertz CT molecular complexity index is 412. The van der Waals surface area contributed by atoms with Crippen LogP contribution < -0.4 is 0 Å². The molecule has 0 saturated carbocycles. The third-order valence-electron chi connectivity index (χ3n) is 2.48. The number of benzene rings is 1. The van der Waals surface area contributed by atoms with E-state index in [-0.39, 0.29) is 11.6 Å². The molecule has 0 amide bonds. The van der Waals surface area contributed by atoms with E-state index in [9.17, 15) is 9.59 Å². The Morgan fingerprint density at radius 2 is 1.57 bits per heavy atom. The first-order chi connectivity index (χ1) is 6.70. The van der Waals surface area contributed by atoms with Gasteiger partial charge >= 0.3 is 0 Å². The molecule has 0 spiro atoms. The molecule has 0 aromatic heterocycles. The summed E-state index contributed by atoms with van der Waals surface area (Å²) >= 11 is 0. The van der Waals surface area contributed by atoms with E-state index in [1.807, 2.05) is 31.2 Å². The summed E-state index contributed by atoms with van der Waals surface area (Å²) in [7, 11) is 0. The second-order valence-electron chi connectivity index (χ2n) is 3.43. The van der Waals surface area contributed by atoms with Gasteiger partial charge in [0.05, 0.1) is 0 Å². The number of allylic oxidation sites excluding steroid dienone is 2. The van der Waals surface area contributed by atoms with Crippen LogP contribution in [-0.4, -0.2) is 11.6 Å². The highest BCUT2D eigenvalue weighted by atomic mass is 16.2. The standard InChI is InChI=1S/C12H10O2/c1-8-4-2-3-5-9(8)12-10(13)6-7-11(12)14/h2-7,12H,1H3. The summed E-state index contributed by atoms with van der Waals surface area (Å²) in [4.78, 5) is 22.9. The molecule has 1 aliphatic carbocycles. The van der Waals surface area contributed by atoms with Crippen LogP contribution in [0.2, 0.25) is 0 Å². The molecule has 70 valence electrons. The van der Waals surface area contributed by atoms with Crippen molar-refractivity contribution in [3.05, 3.63) is 47.5 Å². The van der Waals surface area contributed by atoms with Gasteiger partial charge in [-0.2, -0.15) is 0 Å². The molecule has 0 atom stereocenters. The molecule has 0 heterocycles. The third-order valence-corrected chi connectivity index (χ3v) is 2.48. The van der Waals surface area contributed by atoms with E-state index < -0.39 is 5.92 Å². The van der Waals surface area contributed by atoms with Crippen molar-refractivity contribution in [1.29, 1.82) is 0 Å². The third kappa shape index (κ3) is 1.29. The summed E-state index contributed by atoms with van der Waals surface area (Å²) in [5.74, 6) is -0.801. The van der Waals surface area contributed by atoms with Gasteiger partial charge in [-0.05, 0) is 30.2 Å². The minimum atomic E-state index is -0.587. The summed E-state index contributed by atoms with van der Waals surface area (Å²) in [5, 5.41) is 0. The summed E-state index contributed by atoms with van der Waals surface area (Å²) < 4.78 is 0. The van der Waals surface area contributed by atoms with Gasteiger partial charge in [0, 0.05) is 0 Å². The van der Waals surface area contributed by atoms with E-state index >= 15 is 0 Å². The van der Waals surface area contributed by atoms with Crippen molar-refractivity contribution in [2.75, 3.05) is 0 Å². The zero-order chi connectivity index (χ0) is 10.1. The molecule has 0 bridgehead atoms. The highest BCUT2D eigenvalue weighted by Gasteiger charge is 2.30. The monoisotopic (exact) mass is 186 g/mol. The van der Waals surface area contributed by atoms with Crippen molar-refractivity contribution in [3.8, 4) is 0 Å². The normalized spacial score (nSPS) is 16.6. The summed E-state index contributed by atoms with van der Waals surface area (Å²) in [5.41, 5.74) is 1.82. The maximum atomic E-state index is 11.4. The first-order valence-corrected chi connectivity index (χ1v) is 4.51. The second-order valence-corrected chi connectivity index (χ2v) is 3.43. The second kappa shape index (κ2) is 3.22. The van der Waals surface area contributed by atoms with E-state index in [0.29, 0.717) is 0 Å². The predicted molar refractivity (Wildman–Crippen MR) is 53.1 cm³/mol. The van der Waals surface area contributed by atoms with E-state index in [1.54, 1.807) is 0 Å². The minimum Gasteiger partial charge on any atom is -0.294 e. The molecule has 0 unspecified atom stereocenters. The lowest BCUT2D eigenvalue weighted by atomic mass is 9.91. The molecular formula is C12H10O2. The van der Waals surface area contributed by atoms with Gasteiger partial charge in [-0.25, -0.2) is 0 Å². The van der Waals surface area contributed by atoms with Gasteiger partial charge in [0.1, 0.15) is 5.92 Å². The predicted octanol–water partition coefficient (Wildman–Crippen LogP) is 1.79. The largest absolute Gasteiger partial charge is 0.294 e. The SMILES string of the molecule is Cc1ccccc1C1C(=O)C=CC1=O. The fourth-order valence-electron chi connectivity index (χ4n) is 1.71. The average Bonchev–Trinajstić information content (AvgIpc) is 2.48. The Kier molecular flexibility index (Phi) is 2.04. The first kappa shape index (κ1) is 8.88. The Labute approximate surface area is 82.2 Å². The van der Waals surface area contributed by atoms with Crippen LogP contribution in [-0.2, 0) is 9.59 Å². The Hall–Kier alpha value is -1.70. The van der Waals surface area contributed by atoms with Gasteiger partial charge in [-0.1, -0.05) is 24.3 Å². The van der Waals surface area contributed by atoms with E-state index in [4.69, 9.17) is 0 Å². The zero-order valence-corrected chi connectivity index (χ0v) is 7.86. The lowest BCUT2D eigenvalue weighted by Gasteiger charge is -2.09. The highest BCUT2D eigenvalue weighted by Crippen LogP contribution is 2.25. The summed E-state index contributed by atoms with van der Waals surface area (Å²) in [6, 6.07) is 7.49. The van der Waals surface area contributed by atoms with Gasteiger partial charge < -0.3 is 0 Å². The van der Waals surface area contributed by atoms with Crippen molar-refractivity contribution in [2.24, 2.45) is 0 Å². The number of hydrogen-bond donors (Lipinski definition) is 0. The van der Waals surface area contributed by atoms with Crippen LogP contribution in [0.15, 0.2) is 36.4 Å². The molecule has 1 aliphatic rings. The van der Waals surface area contributed by atoms with Gasteiger partial charge in [0.25, 0.3) is 0 Å². The van der Waals surface area contributed by atoms with E-state index in [2.05, 4.69) is 0 Å². The highest BCUT2D eigenvalue weighted by molar-refractivity contribution is 6.22. The molecular weight excluding hydrogens is 176 g/mol. The molecule has 1 aromatic rings. The van der Waals surface area contributed by atoms with Crippen LogP contribution in [0.5, 0.6) is 0 Å². The molecule has 1 aromatic carbocycles. The van der Waals surface area contributed by atoms with Crippen molar-refractivity contribution < 1.29 is 9.59 Å². The zero-order valence-electron chi connectivity index (χ0n) is 7.86. The first-order valence-electron chi connectivity index (χ1n) is 4.51. The maximum absolute atomic E-state index is 11.4. The lowest BCUT2D eigenvalue weighted by molar-refractivity contribution is -0.122. The Morgan fingerprint density at radius 1 is 1.00 bits per heavy atom. The summed E-state index contributed by atoms with van der Waals surface area (Å²) in [6.45, 7) is 1.91. The fraction of sp³-hybridized carbons (Fsp3) is 0.167. The van der Waals surface area contributed by atoms with Crippen molar-refractivity contribution in [3.63, 3.8) is 0 Å². The van der Waals surface area contributed by atoms with Gasteiger partial charge in [-0.15, -0.1) is 0 Å². The topological polar surface area (TPSA) is 34.1 Å². The molecule has 2 nitrogen and oxygen atoms in total. The number of ketones is 2. The lowest BCUT2D eigenvalue weighted by Crippen LogP contribution is -2.14. The van der Waals surface area contributed by atoms with Crippen LogP contribution in [0.3, 0.4) is 0 Å². The van der Waals surface area contributed by atoms with Crippen LogP contribution in [0.4, 0.5) is 0 Å². The summed E-state index contributed by atoms with van der Waals surface area (Å²) in [6.07, 6.45) is 2.72. The van der Waals surface area contributed by atoms with Gasteiger partial charge in [0.15, 0.2) is 11.6 Å². The number of rotatable bonds is 1.